The highest BCUT2D eigenvalue weighted by atomic mass is 15.0. The number of aryl methyl sites for hydroxylation is 1. The number of rotatable bonds is 6. The van der Waals surface area contributed by atoms with Crippen LogP contribution in [0.5, 0.6) is 0 Å². The molecular weight excluding hydrogens is 200 g/mol. The molecule has 4 heteroatoms. The summed E-state index contributed by atoms with van der Waals surface area (Å²) in [5, 5.41) is 3.26. The topological polar surface area (TPSA) is 63.8 Å². The highest BCUT2D eigenvalue weighted by Crippen LogP contribution is 2.12. The fraction of sp³-hybridized carbons (Fsp3) is 0.667. The number of aromatic nitrogens is 2. The van der Waals surface area contributed by atoms with Gasteiger partial charge in [0.25, 0.3) is 0 Å². The zero-order valence-corrected chi connectivity index (χ0v) is 10.4. The molecule has 0 saturated carbocycles. The first-order valence-electron chi connectivity index (χ1n) is 5.95. The molecule has 1 aromatic rings. The van der Waals surface area contributed by atoms with Crippen LogP contribution in [0, 0.1) is 12.8 Å². The van der Waals surface area contributed by atoms with Gasteiger partial charge in [-0.25, -0.2) is 9.97 Å². The third kappa shape index (κ3) is 3.77. The Labute approximate surface area is 97.7 Å². The van der Waals surface area contributed by atoms with Crippen molar-refractivity contribution in [1.82, 2.24) is 9.97 Å². The number of hydrogen-bond acceptors (Lipinski definition) is 4. The molecule has 0 fully saturated rings. The van der Waals surface area contributed by atoms with E-state index in [4.69, 9.17) is 5.73 Å². The summed E-state index contributed by atoms with van der Waals surface area (Å²) in [6, 6.07) is 2.12. The maximum atomic E-state index is 6.12. The predicted octanol–water partition coefficient (Wildman–Crippen LogP) is 1.96. The Hall–Kier alpha value is -1.16. The van der Waals surface area contributed by atoms with Crippen molar-refractivity contribution in [1.29, 1.82) is 0 Å². The summed E-state index contributed by atoms with van der Waals surface area (Å²) in [4.78, 5) is 8.20. The van der Waals surface area contributed by atoms with Crippen molar-refractivity contribution in [2.24, 2.45) is 11.7 Å². The van der Waals surface area contributed by atoms with Crippen LogP contribution in [0.15, 0.2) is 12.4 Å². The molecular formula is C12H22N4. The summed E-state index contributed by atoms with van der Waals surface area (Å²) in [5.74, 6) is 1.43. The van der Waals surface area contributed by atoms with Gasteiger partial charge in [-0.3, -0.25) is 0 Å². The number of nitrogens with zero attached hydrogens (tertiary/aromatic N) is 2. The van der Waals surface area contributed by atoms with Crippen molar-refractivity contribution in [3.8, 4) is 0 Å². The van der Waals surface area contributed by atoms with Gasteiger partial charge in [-0.1, -0.05) is 26.7 Å². The summed E-state index contributed by atoms with van der Waals surface area (Å²) in [6.07, 6.45) is 3.82. The second-order valence-electron chi connectivity index (χ2n) is 4.17. The quantitative estimate of drug-likeness (QED) is 0.772. The predicted molar refractivity (Wildman–Crippen MR) is 67.3 cm³/mol. The van der Waals surface area contributed by atoms with Gasteiger partial charge in [-0.2, -0.15) is 0 Å². The lowest BCUT2D eigenvalue weighted by Gasteiger charge is -2.21. The molecule has 0 spiro atoms. The summed E-state index contributed by atoms with van der Waals surface area (Å²) in [7, 11) is 0. The van der Waals surface area contributed by atoms with Crippen LogP contribution < -0.4 is 11.1 Å². The van der Waals surface area contributed by atoms with Crippen LogP contribution in [0.1, 0.15) is 32.4 Å². The number of hydrogen-bond donors (Lipinski definition) is 2. The average Bonchev–Trinajstić information content (AvgIpc) is 2.28. The van der Waals surface area contributed by atoms with Crippen LogP contribution in [0.25, 0.3) is 0 Å². The molecule has 0 aliphatic rings. The second-order valence-corrected chi connectivity index (χ2v) is 4.17. The lowest BCUT2D eigenvalue weighted by molar-refractivity contribution is 0.407. The third-order valence-electron chi connectivity index (χ3n) is 2.98. The molecule has 1 aromatic heterocycles. The van der Waals surface area contributed by atoms with Crippen molar-refractivity contribution in [2.75, 3.05) is 11.9 Å². The summed E-state index contributed by atoms with van der Waals surface area (Å²) in [5.41, 5.74) is 7.09. The summed E-state index contributed by atoms with van der Waals surface area (Å²) >= 11 is 0. The monoisotopic (exact) mass is 222 g/mol. The Morgan fingerprint density at radius 1 is 1.31 bits per heavy atom. The highest BCUT2D eigenvalue weighted by molar-refractivity contribution is 5.34. The molecule has 0 amide bonds. The van der Waals surface area contributed by atoms with Crippen molar-refractivity contribution >= 4 is 5.82 Å². The van der Waals surface area contributed by atoms with Gasteiger partial charge >= 0.3 is 0 Å². The van der Waals surface area contributed by atoms with E-state index in [0.29, 0.717) is 5.92 Å². The minimum atomic E-state index is 0.185. The van der Waals surface area contributed by atoms with Gasteiger partial charge in [0, 0.05) is 24.3 Å². The minimum absolute atomic E-state index is 0.185. The molecule has 16 heavy (non-hydrogen) atoms. The molecule has 0 bridgehead atoms. The van der Waals surface area contributed by atoms with E-state index in [0.717, 1.165) is 30.9 Å². The van der Waals surface area contributed by atoms with Crippen molar-refractivity contribution in [3.05, 3.63) is 18.1 Å². The Morgan fingerprint density at radius 2 is 2.00 bits per heavy atom. The molecule has 0 radical (unpaired) electrons. The zero-order valence-electron chi connectivity index (χ0n) is 10.4. The molecule has 1 atom stereocenters. The van der Waals surface area contributed by atoms with E-state index in [2.05, 4.69) is 29.1 Å². The maximum absolute atomic E-state index is 6.12. The van der Waals surface area contributed by atoms with Gasteiger partial charge in [0.1, 0.15) is 12.1 Å². The van der Waals surface area contributed by atoms with Crippen molar-refractivity contribution < 1.29 is 0 Å². The van der Waals surface area contributed by atoms with E-state index in [1.165, 1.54) is 0 Å². The lowest BCUT2D eigenvalue weighted by Crippen LogP contribution is -2.36. The van der Waals surface area contributed by atoms with Crippen LogP contribution >= 0.6 is 0 Å². The van der Waals surface area contributed by atoms with E-state index in [9.17, 15) is 0 Å². The van der Waals surface area contributed by atoms with Crippen molar-refractivity contribution in [3.63, 3.8) is 0 Å². The van der Waals surface area contributed by atoms with E-state index in [-0.39, 0.29) is 6.04 Å². The number of nitrogens with two attached hydrogens (primary N) is 1. The van der Waals surface area contributed by atoms with Gasteiger partial charge in [-0.05, 0) is 12.8 Å². The van der Waals surface area contributed by atoms with Crippen molar-refractivity contribution in [2.45, 2.75) is 39.7 Å². The number of nitrogens with one attached hydrogen (secondary N) is 1. The van der Waals surface area contributed by atoms with Gasteiger partial charge in [0.15, 0.2) is 0 Å². The minimum Gasteiger partial charge on any atom is -0.368 e. The van der Waals surface area contributed by atoms with Crippen LogP contribution in [0.2, 0.25) is 0 Å². The molecule has 4 nitrogen and oxygen atoms in total. The standard InChI is InChI=1S/C12H22N4/c1-4-10(5-2)11(13)7-14-12-6-9(3)15-8-16-12/h6,8,10-11H,4-5,7,13H2,1-3H3,(H,14,15,16). The SMILES string of the molecule is CCC(CC)C(N)CNc1cc(C)ncn1. The van der Waals surface area contributed by atoms with Gasteiger partial charge < -0.3 is 11.1 Å². The zero-order chi connectivity index (χ0) is 12.0. The summed E-state index contributed by atoms with van der Waals surface area (Å²) < 4.78 is 0. The van der Waals surface area contributed by atoms with Gasteiger partial charge in [0.2, 0.25) is 0 Å². The van der Waals surface area contributed by atoms with Crippen LogP contribution in [-0.2, 0) is 0 Å². The maximum Gasteiger partial charge on any atom is 0.129 e. The van der Waals surface area contributed by atoms with Crippen LogP contribution in [0.3, 0.4) is 0 Å². The first kappa shape index (κ1) is 12.9. The smallest absolute Gasteiger partial charge is 0.129 e. The molecule has 0 saturated heterocycles. The summed E-state index contributed by atoms with van der Waals surface area (Å²) in [6.45, 7) is 7.09. The van der Waals surface area contributed by atoms with E-state index in [1.54, 1.807) is 6.33 Å². The van der Waals surface area contributed by atoms with E-state index < -0.39 is 0 Å². The molecule has 0 aliphatic heterocycles. The Kier molecular flexibility index (Phi) is 5.19. The fourth-order valence-corrected chi connectivity index (χ4v) is 1.83. The number of anilines is 1. The normalized spacial score (nSPS) is 12.8. The lowest BCUT2D eigenvalue weighted by atomic mass is 9.95. The first-order valence-corrected chi connectivity index (χ1v) is 5.95. The average molecular weight is 222 g/mol. The van der Waals surface area contributed by atoms with Crippen LogP contribution in [-0.4, -0.2) is 22.6 Å². The van der Waals surface area contributed by atoms with E-state index >= 15 is 0 Å². The first-order chi connectivity index (χ1) is 7.67. The Bertz CT molecular complexity index is 310. The molecule has 3 N–H and O–H groups in total. The van der Waals surface area contributed by atoms with E-state index in [1.807, 2.05) is 13.0 Å². The molecule has 90 valence electrons. The molecule has 1 heterocycles. The molecule has 1 unspecified atom stereocenters. The third-order valence-corrected chi connectivity index (χ3v) is 2.98. The molecule has 0 aliphatic carbocycles. The fourth-order valence-electron chi connectivity index (χ4n) is 1.83. The van der Waals surface area contributed by atoms with Gasteiger partial charge in [-0.15, -0.1) is 0 Å². The largest absolute Gasteiger partial charge is 0.368 e. The van der Waals surface area contributed by atoms with Gasteiger partial charge in [0.05, 0.1) is 0 Å². The molecule has 0 aromatic carbocycles. The highest BCUT2D eigenvalue weighted by Gasteiger charge is 2.13. The Balaban J connectivity index is 2.45. The molecule has 1 rings (SSSR count). The van der Waals surface area contributed by atoms with Crippen LogP contribution in [0.4, 0.5) is 5.82 Å². The second kappa shape index (κ2) is 6.43. The Morgan fingerprint density at radius 3 is 2.56 bits per heavy atom.